The van der Waals surface area contributed by atoms with Crippen LogP contribution in [-0.4, -0.2) is 63.0 Å². The summed E-state index contributed by atoms with van der Waals surface area (Å²) in [5, 5.41) is 12.1. The number of nitrogens with two attached hydrogens (primary N) is 1. The van der Waals surface area contributed by atoms with Gasteiger partial charge in [-0.3, -0.25) is 0 Å². The van der Waals surface area contributed by atoms with E-state index in [4.69, 9.17) is 15.6 Å². The van der Waals surface area contributed by atoms with Crippen LogP contribution >= 0.6 is 0 Å². The van der Waals surface area contributed by atoms with Gasteiger partial charge in [0.25, 0.3) is 0 Å². The molecule has 28 heavy (non-hydrogen) atoms. The first kappa shape index (κ1) is 22.1. The number of nitrogens with one attached hydrogen (secondary N) is 1. The van der Waals surface area contributed by atoms with Crippen molar-refractivity contribution >= 4 is 23.2 Å². The van der Waals surface area contributed by atoms with Crippen molar-refractivity contribution in [1.82, 2.24) is 4.90 Å². The molecule has 0 aliphatic carbocycles. The predicted octanol–water partition coefficient (Wildman–Crippen LogP) is 3.43. The third-order valence-corrected chi connectivity index (χ3v) is 5.77. The monoisotopic (exact) mass is 392 g/mol. The molecular formula is C21H36N4O3. The molecule has 7 heteroatoms. The van der Waals surface area contributed by atoms with Crippen LogP contribution in [0.3, 0.4) is 0 Å². The largest absolute Gasteiger partial charge is 0.465 e. The zero-order chi connectivity index (χ0) is 20.9. The SMILES string of the molecule is CNc1cc(N2CCC(COCCN(C)C(=O)O)C(C(C)(C)C)C2)ccc1N. The Balaban J connectivity index is 2.00. The lowest BCUT2D eigenvalue weighted by atomic mass is 9.70. The van der Waals surface area contributed by atoms with Crippen molar-refractivity contribution in [1.29, 1.82) is 0 Å². The van der Waals surface area contributed by atoms with Crippen molar-refractivity contribution in [3.8, 4) is 0 Å². The molecule has 2 unspecified atom stereocenters. The summed E-state index contributed by atoms with van der Waals surface area (Å²) in [5.74, 6) is 0.943. The van der Waals surface area contributed by atoms with Crippen LogP contribution in [0.15, 0.2) is 18.2 Å². The van der Waals surface area contributed by atoms with Crippen molar-refractivity contribution in [3.63, 3.8) is 0 Å². The first-order chi connectivity index (χ1) is 13.1. The summed E-state index contributed by atoms with van der Waals surface area (Å²) in [5.41, 5.74) is 9.08. The predicted molar refractivity (Wildman–Crippen MR) is 115 cm³/mol. The van der Waals surface area contributed by atoms with Gasteiger partial charge in [0, 0.05) is 46.0 Å². The van der Waals surface area contributed by atoms with E-state index in [1.165, 1.54) is 10.6 Å². The highest BCUT2D eigenvalue weighted by Gasteiger charge is 2.37. The van der Waals surface area contributed by atoms with Gasteiger partial charge in [-0.15, -0.1) is 0 Å². The van der Waals surface area contributed by atoms with Gasteiger partial charge in [0.05, 0.1) is 18.0 Å². The quantitative estimate of drug-likeness (QED) is 0.486. The molecular weight excluding hydrogens is 356 g/mol. The first-order valence-electron chi connectivity index (χ1n) is 9.97. The number of likely N-dealkylation sites (N-methyl/N-ethyl adjacent to an activating group) is 1. The second-order valence-electron chi connectivity index (χ2n) is 8.77. The van der Waals surface area contributed by atoms with E-state index in [1.54, 1.807) is 7.05 Å². The highest BCUT2D eigenvalue weighted by Crippen LogP contribution is 2.39. The van der Waals surface area contributed by atoms with Crippen LogP contribution in [0, 0.1) is 17.3 Å². The van der Waals surface area contributed by atoms with Crippen molar-refractivity contribution in [3.05, 3.63) is 18.2 Å². The summed E-state index contributed by atoms with van der Waals surface area (Å²) in [4.78, 5) is 14.6. The summed E-state index contributed by atoms with van der Waals surface area (Å²) in [6, 6.07) is 6.17. The molecule has 0 radical (unpaired) electrons. The second-order valence-corrected chi connectivity index (χ2v) is 8.77. The number of anilines is 3. The van der Waals surface area contributed by atoms with Crippen molar-refractivity contribution in [2.45, 2.75) is 27.2 Å². The Morgan fingerprint density at radius 2 is 2.14 bits per heavy atom. The van der Waals surface area contributed by atoms with E-state index in [9.17, 15) is 4.79 Å². The molecule has 1 heterocycles. The van der Waals surface area contributed by atoms with Gasteiger partial charge in [0.15, 0.2) is 0 Å². The highest BCUT2D eigenvalue weighted by molar-refractivity contribution is 5.72. The molecule has 0 saturated carbocycles. The number of nitrogens with zero attached hydrogens (tertiary/aromatic N) is 2. The smallest absolute Gasteiger partial charge is 0.407 e. The molecule has 7 nitrogen and oxygen atoms in total. The highest BCUT2D eigenvalue weighted by atomic mass is 16.5. The molecule has 1 fully saturated rings. The average molecular weight is 393 g/mol. The third kappa shape index (κ3) is 5.67. The van der Waals surface area contributed by atoms with Gasteiger partial charge in [0.1, 0.15) is 0 Å². The van der Waals surface area contributed by atoms with Gasteiger partial charge >= 0.3 is 6.09 Å². The molecule has 4 N–H and O–H groups in total. The number of carbonyl (C=O) groups is 1. The Morgan fingerprint density at radius 3 is 2.75 bits per heavy atom. The van der Waals surface area contributed by atoms with Crippen LogP contribution < -0.4 is 16.0 Å². The lowest BCUT2D eigenvalue weighted by Crippen LogP contribution is -2.47. The molecule has 1 amide bonds. The van der Waals surface area contributed by atoms with E-state index in [2.05, 4.69) is 43.1 Å². The number of benzene rings is 1. The minimum atomic E-state index is -0.922. The van der Waals surface area contributed by atoms with E-state index in [1.807, 2.05) is 13.1 Å². The lowest BCUT2D eigenvalue weighted by Gasteiger charge is -2.46. The summed E-state index contributed by atoms with van der Waals surface area (Å²) in [7, 11) is 3.45. The fraction of sp³-hybridized carbons (Fsp3) is 0.667. The number of hydrogen-bond donors (Lipinski definition) is 3. The van der Waals surface area contributed by atoms with Crippen LogP contribution in [-0.2, 0) is 4.74 Å². The Labute approximate surface area is 168 Å². The van der Waals surface area contributed by atoms with Gasteiger partial charge in [-0.05, 0) is 41.9 Å². The summed E-state index contributed by atoms with van der Waals surface area (Å²) in [6.07, 6.45) is 0.129. The molecule has 1 aromatic rings. The Hall–Kier alpha value is -2.15. The van der Waals surface area contributed by atoms with Gasteiger partial charge in [-0.2, -0.15) is 0 Å². The molecule has 0 bridgehead atoms. The first-order valence-corrected chi connectivity index (χ1v) is 9.97. The van der Waals surface area contributed by atoms with Crippen LogP contribution in [0.25, 0.3) is 0 Å². The topological polar surface area (TPSA) is 91.1 Å². The van der Waals surface area contributed by atoms with Crippen LogP contribution in [0.4, 0.5) is 21.9 Å². The lowest BCUT2D eigenvalue weighted by molar-refractivity contribution is 0.0276. The van der Waals surface area contributed by atoms with E-state index in [0.717, 1.165) is 30.9 Å². The average Bonchev–Trinajstić information content (AvgIpc) is 2.64. The Kier molecular flexibility index (Phi) is 7.41. The Bertz CT molecular complexity index is 660. The number of carboxylic acid groups (broad SMARTS) is 1. The number of piperidine rings is 1. The molecule has 1 saturated heterocycles. The number of hydrogen-bond acceptors (Lipinski definition) is 5. The standard InChI is InChI=1S/C21H36N4O3/c1-21(2,3)17-13-25(16-6-7-18(22)19(12-16)23-4)9-8-15(17)14-28-11-10-24(5)20(26)27/h6-7,12,15,17,23H,8-11,13-14,22H2,1-5H3,(H,26,27). The minimum absolute atomic E-state index is 0.157. The molecule has 158 valence electrons. The molecule has 2 atom stereocenters. The number of rotatable bonds is 7. The minimum Gasteiger partial charge on any atom is -0.465 e. The number of nitrogen functional groups attached to an aromatic ring is 1. The van der Waals surface area contributed by atoms with Crippen LogP contribution in [0.1, 0.15) is 27.2 Å². The zero-order valence-corrected chi connectivity index (χ0v) is 17.9. The summed E-state index contributed by atoms with van der Waals surface area (Å²) < 4.78 is 5.86. The summed E-state index contributed by atoms with van der Waals surface area (Å²) >= 11 is 0. The summed E-state index contributed by atoms with van der Waals surface area (Å²) in [6.45, 7) is 10.3. The fourth-order valence-corrected chi connectivity index (χ4v) is 3.90. The Morgan fingerprint density at radius 1 is 1.43 bits per heavy atom. The van der Waals surface area contributed by atoms with Gasteiger partial charge in [-0.25, -0.2) is 4.79 Å². The molecule has 0 spiro atoms. The maximum Gasteiger partial charge on any atom is 0.407 e. The molecule has 0 aromatic heterocycles. The van der Waals surface area contributed by atoms with Gasteiger partial charge < -0.3 is 30.7 Å². The molecule has 1 aliphatic rings. The van der Waals surface area contributed by atoms with Crippen LogP contribution in [0.5, 0.6) is 0 Å². The second kappa shape index (κ2) is 9.37. The van der Waals surface area contributed by atoms with E-state index < -0.39 is 6.09 Å². The maximum atomic E-state index is 10.9. The normalized spacial score (nSPS) is 20.1. The maximum absolute atomic E-state index is 10.9. The van der Waals surface area contributed by atoms with E-state index in [0.29, 0.717) is 31.6 Å². The van der Waals surface area contributed by atoms with Crippen LogP contribution in [0.2, 0.25) is 0 Å². The third-order valence-electron chi connectivity index (χ3n) is 5.77. The molecule has 1 aromatic carbocycles. The number of amides is 1. The fourth-order valence-electron chi connectivity index (χ4n) is 3.90. The van der Waals surface area contributed by atoms with E-state index in [-0.39, 0.29) is 5.41 Å². The number of ether oxygens (including phenoxy) is 1. The molecule has 1 aliphatic heterocycles. The zero-order valence-electron chi connectivity index (χ0n) is 17.9. The van der Waals surface area contributed by atoms with Crippen molar-refractivity contribution in [2.24, 2.45) is 17.3 Å². The van der Waals surface area contributed by atoms with E-state index >= 15 is 0 Å². The molecule has 2 rings (SSSR count). The van der Waals surface area contributed by atoms with Crippen molar-refractivity contribution < 1.29 is 14.6 Å². The van der Waals surface area contributed by atoms with Gasteiger partial charge in [0.2, 0.25) is 0 Å². The van der Waals surface area contributed by atoms with Crippen molar-refractivity contribution in [2.75, 3.05) is 62.9 Å². The van der Waals surface area contributed by atoms with Gasteiger partial charge in [-0.1, -0.05) is 20.8 Å².